The molecule has 270 valence electrons. The van der Waals surface area contributed by atoms with Gasteiger partial charge in [-0.25, -0.2) is 24.0 Å². The number of esters is 5. The molecule has 0 aromatic heterocycles. The highest BCUT2D eigenvalue weighted by Gasteiger charge is 2.27. The second kappa shape index (κ2) is 17.3. The van der Waals surface area contributed by atoms with Crippen molar-refractivity contribution in [2.24, 2.45) is 0 Å². The number of carbonyl (C=O) groups is 5. The summed E-state index contributed by atoms with van der Waals surface area (Å²) in [7, 11) is 0. The molecule has 0 spiro atoms. The largest absolute Gasteiger partial charge is 0.490 e. The first-order valence-electron chi connectivity index (χ1n) is 16.2. The van der Waals surface area contributed by atoms with Crippen LogP contribution in [0.1, 0.15) is 44.7 Å². The van der Waals surface area contributed by atoms with Crippen LogP contribution in [0.3, 0.4) is 0 Å². The standard InChI is InChI=1S/C41H34O12/c1-5-37(42)48-23-32(51-39(44)7-3)22-47-28-12-8-26(9-13-28)40(45)52-30-16-18-33-34-19-17-31(21-36(34)25(4)35(33)20-30)53-41(46)27-10-14-29(15-11-27)49-24-50-38(43)6-2/h5-21,25,32H,1-3,22-24H2,4H3. The van der Waals surface area contributed by atoms with E-state index in [-0.39, 0.29) is 31.5 Å². The normalized spacial score (nSPS) is 12.8. The van der Waals surface area contributed by atoms with Gasteiger partial charge in [-0.2, -0.15) is 0 Å². The fraction of sp³-hybridized carbons (Fsp3) is 0.146. The van der Waals surface area contributed by atoms with Crippen molar-refractivity contribution in [3.8, 4) is 34.1 Å². The highest BCUT2D eigenvalue weighted by molar-refractivity contribution is 5.92. The van der Waals surface area contributed by atoms with Gasteiger partial charge < -0.3 is 33.2 Å². The lowest BCUT2D eigenvalue weighted by atomic mass is 9.99. The maximum atomic E-state index is 13.0. The quantitative estimate of drug-likeness (QED) is 0.0408. The van der Waals surface area contributed by atoms with Gasteiger partial charge in [-0.3, -0.25) is 0 Å². The lowest BCUT2D eigenvalue weighted by Gasteiger charge is -2.17. The van der Waals surface area contributed by atoms with E-state index >= 15 is 0 Å². The molecule has 0 saturated heterocycles. The van der Waals surface area contributed by atoms with Crippen molar-refractivity contribution in [3.05, 3.63) is 145 Å². The van der Waals surface area contributed by atoms with Crippen LogP contribution in [-0.2, 0) is 28.6 Å². The molecule has 0 saturated carbocycles. The SMILES string of the molecule is C=CC(=O)OCOc1ccc(C(=O)Oc2ccc3c(c2)C(C)c2cc(OC(=O)c4ccc(OCC(COC(=O)C=C)OC(=O)C=C)cc4)ccc2-3)cc1. The van der Waals surface area contributed by atoms with Crippen molar-refractivity contribution in [2.75, 3.05) is 20.0 Å². The van der Waals surface area contributed by atoms with E-state index in [0.717, 1.165) is 40.5 Å². The number of carbonyl (C=O) groups excluding carboxylic acids is 5. The molecular formula is C41H34O12. The van der Waals surface area contributed by atoms with E-state index in [9.17, 15) is 24.0 Å². The Kier molecular flexibility index (Phi) is 12.2. The van der Waals surface area contributed by atoms with Gasteiger partial charge in [0.05, 0.1) is 11.1 Å². The summed E-state index contributed by atoms with van der Waals surface area (Å²) >= 11 is 0. The first kappa shape index (κ1) is 37.3. The number of ether oxygens (including phenoxy) is 7. The topological polar surface area (TPSA) is 150 Å². The van der Waals surface area contributed by atoms with Crippen LogP contribution in [0, 0.1) is 0 Å². The average Bonchev–Trinajstić information content (AvgIpc) is 3.45. The van der Waals surface area contributed by atoms with Crippen LogP contribution in [0.25, 0.3) is 11.1 Å². The molecule has 4 aromatic carbocycles. The summed E-state index contributed by atoms with van der Waals surface area (Å²) in [6, 6.07) is 23.2. The van der Waals surface area contributed by atoms with E-state index in [1.54, 1.807) is 48.5 Å². The Balaban J connectivity index is 1.17. The van der Waals surface area contributed by atoms with Crippen LogP contribution in [0.4, 0.5) is 0 Å². The summed E-state index contributed by atoms with van der Waals surface area (Å²) in [5, 5.41) is 0. The van der Waals surface area contributed by atoms with E-state index in [1.165, 1.54) is 12.1 Å². The molecule has 2 atom stereocenters. The van der Waals surface area contributed by atoms with Crippen molar-refractivity contribution in [3.63, 3.8) is 0 Å². The van der Waals surface area contributed by atoms with Crippen molar-refractivity contribution in [1.29, 1.82) is 0 Å². The smallest absolute Gasteiger partial charge is 0.343 e. The molecule has 0 amide bonds. The summed E-state index contributed by atoms with van der Waals surface area (Å²) in [5.41, 5.74) is 4.40. The number of hydrogen-bond acceptors (Lipinski definition) is 12. The van der Waals surface area contributed by atoms with Crippen molar-refractivity contribution in [2.45, 2.75) is 18.9 Å². The zero-order chi connectivity index (χ0) is 37.9. The number of benzene rings is 4. The highest BCUT2D eigenvalue weighted by atomic mass is 16.7. The minimum absolute atomic E-state index is 0.0878. The van der Waals surface area contributed by atoms with Gasteiger partial charge in [0.15, 0.2) is 6.10 Å². The molecule has 0 heterocycles. The monoisotopic (exact) mass is 718 g/mol. The number of rotatable bonds is 16. The Bertz CT molecular complexity index is 2050. The lowest BCUT2D eigenvalue weighted by molar-refractivity contribution is -0.154. The predicted octanol–water partition coefficient (Wildman–Crippen LogP) is 6.53. The summed E-state index contributed by atoms with van der Waals surface area (Å²) in [4.78, 5) is 60.1. The molecule has 5 rings (SSSR count). The van der Waals surface area contributed by atoms with Gasteiger partial charge >= 0.3 is 29.8 Å². The fourth-order valence-electron chi connectivity index (χ4n) is 5.26. The van der Waals surface area contributed by atoms with Gasteiger partial charge in [0.1, 0.15) is 36.2 Å². The third kappa shape index (κ3) is 9.64. The average molecular weight is 719 g/mol. The van der Waals surface area contributed by atoms with Crippen molar-refractivity contribution >= 4 is 29.8 Å². The molecule has 1 aliphatic carbocycles. The third-order valence-corrected chi connectivity index (χ3v) is 7.93. The summed E-state index contributed by atoms with van der Waals surface area (Å²) < 4.78 is 37.2. The molecular weight excluding hydrogens is 684 g/mol. The molecule has 2 unspecified atom stereocenters. The Hall–Kier alpha value is -6.95. The minimum atomic E-state index is -0.904. The van der Waals surface area contributed by atoms with E-state index in [4.69, 9.17) is 33.2 Å². The summed E-state index contributed by atoms with van der Waals surface area (Å²) in [6.45, 7) is 11.3. The van der Waals surface area contributed by atoms with Gasteiger partial charge in [0.2, 0.25) is 6.79 Å². The molecule has 12 nitrogen and oxygen atoms in total. The first-order valence-corrected chi connectivity index (χ1v) is 16.2. The van der Waals surface area contributed by atoms with Gasteiger partial charge in [-0.15, -0.1) is 0 Å². The zero-order valence-corrected chi connectivity index (χ0v) is 28.6. The minimum Gasteiger partial charge on any atom is -0.490 e. The lowest BCUT2D eigenvalue weighted by Crippen LogP contribution is -2.30. The second-order valence-electron chi connectivity index (χ2n) is 11.4. The molecule has 53 heavy (non-hydrogen) atoms. The van der Waals surface area contributed by atoms with Crippen LogP contribution < -0.4 is 18.9 Å². The predicted molar refractivity (Wildman–Crippen MR) is 191 cm³/mol. The van der Waals surface area contributed by atoms with E-state index in [1.807, 2.05) is 31.2 Å². The first-order chi connectivity index (χ1) is 25.6. The zero-order valence-electron chi connectivity index (χ0n) is 28.6. The van der Waals surface area contributed by atoms with E-state index in [2.05, 4.69) is 19.7 Å². The molecule has 0 aliphatic heterocycles. The summed E-state index contributed by atoms with van der Waals surface area (Å²) in [5.74, 6) is -1.73. The van der Waals surface area contributed by atoms with E-state index in [0.29, 0.717) is 28.6 Å². The fourth-order valence-corrected chi connectivity index (χ4v) is 5.26. The maximum Gasteiger partial charge on any atom is 0.343 e. The highest BCUT2D eigenvalue weighted by Crippen LogP contribution is 2.47. The number of fused-ring (bicyclic) bond motifs is 3. The van der Waals surface area contributed by atoms with Crippen LogP contribution in [0.5, 0.6) is 23.0 Å². The molecule has 0 radical (unpaired) electrons. The van der Waals surface area contributed by atoms with Gasteiger partial charge in [-0.05, 0) is 95.1 Å². The second-order valence-corrected chi connectivity index (χ2v) is 11.4. The Morgan fingerprint density at radius 2 is 1.04 bits per heavy atom. The van der Waals surface area contributed by atoms with Crippen LogP contribution in [0.15, 0.2) is 123 Å². The van der Waals surface area contributed by atoms with Gasteiger partial charge in [-0.1, -0.05) is 38.8 Å². The molecule has 0 N–H and O–H groups in total. The maximum absolute atomic E-state index is 13.0. The van der Waals surface area contributed by atoms with Crippen LogP contribution in [-0.4, -0.2) is 56.0 Å². The van der Waals surface area contributed by atoms with Crippen LogP contribution in [0.2, 0.25) is 0 Å². The third-order valence-electron chi connectivity index (χ3n) is 7.93. The van der Waals surface area contributed by atoms with Gasteiger partial charge in [0, 0.05) is 24.1 Å². The Morgan fingerprint density at radius 3 is 1.53 bits per heavy atom. The van der Waals surface area contributed by atoms with Crippen LogP contribution >= 0.6 is 0 Å². The van der Waals surface area contributed by atoms with Crippen molar-refractivity contribution < 1.29 is 57.1 Å². The summed E-state index contributed by atoms with van der Waals surface area (Å²) in [6.07, 6.45) is 2.09. The Labute approximate surface area is 304 Å². The molecule has 12 heteroatoms. The van der Waals surface area contributed by atoms with Gasteiger partial charge in [0.25, 0.3) is 0 Å². The Morgan fingerprint density at radius 1 is 0.585 bits per heavy atom. The molecule has 0 bridgehead atoms. The van der Waals surface area contributed by atoms with E-state index < -0.39 is 36.0 Å². The molecule has 4 aromatic rings. The van der Waals surface area contributed by atoms with Crippen molar-refractivity contribution in [1.82, 2.24) is 0 Å². The number of hydrogen-bond donors (Lipinski definition) is 0. The molecule has 1 aliphatic rings. The molecule has 0 fully saturated rings.